The fraction of sp³-hybridized carbons (Fsp3) is 0.294. The van der Waals surface area contributed by atoms with E-state index in [0.717, 1.165) is 17.1 Å². The quantitative estimate of drug-likeness (QED) is 0.937. The Kier molecular flexibility index (Phi) is 3.71. The summed E-state index contributed by atoms with van der Waals surface area (Å²) >= 11 is 0. The SMILES string of the molecule is Cc1ccccc1C(Oc1ccc2c(c1)OCO2)C(C)N. The van der Waals surface area contributed by atoms with Crippen LogP contribution in [0.2, 0.25) is 0 Å². The van der Waals surface area contributed by atoms with Crippen molar-refractivity contribution in [1.82, 2.24) is 0 Å². The molecule has 110 valence electrons. The van der Waals surface area contributed by atoms with Gasteiger partial charge in [-0.15, -0.1) is 0 Å². The maximum atomic E-state index is 6.12. The molecule has 1 aliphatic heterocycles. The maximum absolute atomic E-state index is 6.12. The molecule has 0 spiro atoms. The Morgan fingerprint density at radius 3 is 2.62 bits per heavy atom. The van der Waals surface area contributed by atoms with Gasteiger partial charge in [-0.3, -0.25) is 0 Å². The van der Waals surface area contributed by atoms with Crippen LogP contribution < -0.4 is 19.9 Å². The molecule has 2 aromatic rings. The molecule has 0 bridgehead atoms. The van der Waals surface area contributed by atoms with Crippen molar-refractivity contribution >= 4 is 0 Å². The van der Waals surface area contributed by atoms with Crippen molar-refractivity contribution in [2.45, 2.75) is 26.0 Å². The topological polar surface area (TPSA) is 53.7 Å². The predicted octanol–water partition coefficient (Wildman–Crippen LogP) is 3.19. The molecule has 2 aromatic carbocycles. The standard InChI is InChI=1S/C17H19NO3/c1-11-5-3-4-6-14(11)17(12(2)18)21-13-7-8-15-16(9-13)20-10-19-15/h3-9,12,17H,10,18H2,1-2H3. The first-order chi connectivity index (χ1) is 10.1. The van der Waals surface area contributed by atoms with E-state index in [-0.39, 0.29) is 18.9 Å². The first-order valence-electron chi connectivity index (χ1n) is 7.02. The van der Waals surface area contributed by atoms with Gasteiger partial charge in [-0.2, -0.15) is 0 Å². The molecule has 1 heterocycles. The Bertz CT molecular complexity index is 640. The Balaban J connectivity index is 1.88. The normalized spacial score (nSPS) is 15.6. The second kappa shape index (κ2) is 5.66. The van der Waals surface area contributed by atoms with Crippen molar-refractivity contribution in [3.8, 4) is 17.2 Å². The monoisotopic (exact) mass is 285 g/mol. The van der Waals surface area contributed by atoms with Crippen molar-refractivity contribution in [2.75, 3.05) is 6.79 Å². The summed E-state index contributed by atoms with van der Waals surface area (Å²) in [7, 11) is 0. The van der Waals surface area contributed by atoms with Gasteiger partial charge in [-0.05, 0) is 37.1 Å². The molecule has 21 heavy (non-hydrogen) atoms. The lowest BCUT2D eigenvalue weighted by Gasteiger charge is -2.24. The number of fused-ring (bicyclic) bond motifs is 1. The van der Waals surface area contributed by atoms with E-state index in [1.807, 2.05) is 37.3 Å². The van der Waals surface area contributed by atoms with Gasteiger partial charge in [-0.25, -0.2) is 0 Å². The van der Waals surface area contributed by atoms with Crippen molar-refractivity contribution in [3.63, 3.8) is 0 Å². The van der Waals surface area contributed by atoms with Crippen LogP contribution in [0, 0.1) is 6.92 Å². The Labute approximate surface area is 124 Å². The van der Waals surface area contributed by atoms with Gasteiger partial charge in [0.05, 0.1) is 0 Å². The molecule has 4 heteroatoms. The maximum Gasteiger partial charge on any atom is 0.231 e. The van der Waals surface area contributed by atoms with E-state index in [2.05, 4.69) is 19.1 Å². The van der Waals surface area contributed by atoms with E-state index in [9.17, 15) is 0 Å². The molecule has 0 fully saturated rings. The molecular formula is C17H19NO3. The van der Waals surface area contributed by atoms with Crippen LogP contribution in [0.1, 0.15) is 24.2 Å². The summed E-state index contributed by atoms with van der Waals surface area (Å²) in [5.74, 6) is 2.18. The second-order valence-electron chi connectivity index (χ2n) is 5.27. The number of hydrogen-bond acceptors (Lipinski definition) is 4. The molecule has 1 aliphatic rings. The summed E-state index contributed by atoms with van der Waals surface area (Å²) in [5.41, 5.74) is 8.39. The third-order valence-electron chi connectivity index (χ3n) is 3.58. The number of benzene rings is 2. The number of rotatable bonds is 4. The lowest BCUT2D eigenvalue weighted by Crippen LogP contribution is -2.29. The summed E-state index contributed by atoms with van der Waals surface area (Å²) in [6, 6.07) is 13.6. The van der Waals surface area contributed by atoms with Crippen molar-refractivity contribution < 1.29 is 14.2 Å². The lowest BCUT2D eigenvalue weighted by atomic mass is 9.99. The molecule has 0 radical (unpaired) electrons. The lowest BCUT2D eigenvalue weighted by molar-refractivity contribution is 0.171. The fourth-order valence-corrected chi connectivity index (χ4v) is 2.46. The molecule has 3 rings (SSSR count). The van der Waals surface area contributed by atoms with E-state index in [1.165, 1.54) is 5.56 Å². The zero-order chi connectivity index (χ0) is 14.8. The molecule has 0 aliphatic carbocycles. The van der Waals surface area contributed by atoms with Crippen molar-refractivity contribution in [2.24, 2.45) is 5.73 Å². The smallest absolute Gasteiger partial charge is 0.231 e. The van der Waals surface area contributed by atoms with E-state index >= 15 is 0 Å². The van der Waals surface area contributed by atoms with E-state index < -0.39 is 0 Å². The van der Waals surface area contributed by atoms with Gasteiger partial charge in [0.1, 0.15) is 11.9 Å². The summed E-state index contributed by atoms with van der Waals surface area (Å²) < 4.78 is 16.8. The van der Waals surface area contributed by atoms with E-state index in [0.29, 0.717) is 5.75 Å². The molecule has 4 nitrogen and oxygen atoms in total. The molecule has 0 aromatic heterocycles. The molecule has 0 amide bonds. The average molecular weight is 285 g/mol. The molecular weight excluding hydrogens is 266 g/mol. The van der Waals surface area contributed by atoms with Crippen LogP contribution >= 0.6 is 0 Å². The van der Waals surface area contributed by atoms with Gasteiger partial charge >= 0.3 is 0 Å². The van der Waals surface area contributed by atoms with Crippen LogP contribution in [-0.4, -0.2) is 12.8 Å². The van der Waals surface area contributed by atoms with Crippen LogP contribution in [0.15, 0.2) is 42.5 Å². The van der Waals surface area contributed by atoms with Gasteiger partial charge < -0.3 is 19.9 Å². The average Bonchev–Trinajstić information content (AvgIpc) is 2.93. The Hall–Kier alpha value is -2.20. The van der Waals surface area contributed by atoms with E-state index in [4.69, 9.17) is 19.9 Å². The van der Waals surface area contributed by atoms with Gasteiger partial charge in [0.2, 0.25) is 6.79 Å². The number of ether oxygens (including phenoxy) is 3. The van der Waals surface area contributed by atoms with Gasteiger partial charge in [0.25, 0.3) is 0 Å². The number of hydrogen-bond donors (Lipinski definition) is 1. The first kappa shape index (κ1) is 13.8. The predicted molar refractivity (Wildman–Crippen MR) is 80.8 cm³/mol. The summed E-state index contributed by atoms with van der Waals surface area (Å²) in [5, 5.41) is 0. The van der Waals surface area contributed by atoms with Crippen LogP contribution in [0.3, 0.4) is 0 Å². The third kappa shape index (κ3) is 2.81. The van der Waals surface area contributed by atoms with Gasteiger partial charge in [0.15, 0.2) is 11.5 Å². The minimum Gasteiger partial charge on any atom is -0.484 e. The summed E-state index contributed by atoms with van der Waals surface area (Å²) in [6.45, 7) is 4.27. The second-order valence-corrected chi connectivity index (χ2v) is 5.27. The molecule has 2 N–H and O–H groups in total. The van der Waals surface area contributed by atoms with Gasteiger partial charge in [-0.1, -0.05) is 24.3 Å². The molecule has 2 unspecified atom stereocenters. The van der Waals surface area contributed by atoms with Crippen molar-refractivity contribution in [1.29, 1.82) is 0 Å². The first-order valence-corrected chi connectivity index (χ1v) is 7.02. The minimum atomic E-state index is -0.202. The van der Waals surface area contributed by atoms with Crippen LogP contribution in [-0.2, 0) is 0 Å². The van der Waals surface area contributed by atoms with Gasteiger partial charge in [0, 0.05) is 12.1 Å². The Morgan fingerprint density at radius 2 is 1.86 bits per heavy atom. The molecule has 0 saturated carbocycles. The van der Waals surface area contributed by atoms with E-state index in [1.54, 1.807) is 0 Å². The highest BCUT2D eigenvalue weighted by Crippen LogP contribution is 2.37. The van der Waals surface area contributed by atoms with Crippen LogP contribution in [0.5, 0.6) is 17.2 Å². The zero-order valence-corrected chi connectivity index (χ0v) is 12.2. The zero-order valence-electron chi connectivity index (χ0n) is 12.2. The largest absolute Gasteiger partial charge is 0.484 e. The highest BCUT2D eigenvalue weighted by atomic mass is 16.7. The number of nitrogens with two attached hydrogens (primary N) is 1. The van der Waals surface area contributed by atoms with Crippen molar-refractivity contribution in [3.05, 3.63) is 53.6 Å². The van der Waals surface area contributed by atoms with Crippen LogP contribution in [0.4, 0.5) is 0 Å². The highest BCUT2D eigenvalue weighted by Gasteiger charge is 2.21. The molecule has 0 saturated heterocycles. The third-order valence-corrected chi connectivity index (χ3v) is 3.58. The fourth-order valence-electron chi connectivity index (χ4n) is 2.46. The van der Waals surface area contributed by atoms with Crippen LogP contribution in [0.25, 0.3) is 0 Å². The number of aryl methyl sites for hydroxylation is 1. The highest BCUT2D eigenvalue weighted by molar-refractivity contribution is 5.47. The Morgan fingerprint density at radius 1 is 1.10 bits per heavy atom. The summed E-state index contributed by atoms with van der Waals surface area (Å²) in [4.78, 5) is 0. The molecule has 2 atom stereocenters. The summed E-state index contributed by atoms with van der Waals surface area (Å²) in [6.07, 6.45) is -0.202. The minimum absolute atomic E-state index is 0.128.